The number of nitrogens with zero attached hydrogens (tertiary/aromatic N) is 2. The molecule has 1 atom stereocenters. The van der Waals surface area contributed by atoms with E-state index in [0.717, 1.165) is 51.3 Å². The van der Waals surface area contributed by atoms with E-state index in [1.165, 1.54) is 5.56 Å². The summed E-state index contributed by atoms with van der Waals surface area (Å²) < 4.78 is 1.03. The molecule has 0 aliphatic carbocycles. The molecule has 30 heavy (non-hydrogen) atoms. The van der Waals surface area contributed by atoms with Gasteiger partial charge in [-0.05, 0) is 48.6 Å². The molecule has 0 radical (unpaired) electrons. The smallest absolute Gasteiger partial charge is 0.183 e. The number of hydrogen-bond donors (Lipinski definition) is 2. The van der Waals surface area contributed by atoms with Crippen LogP contribution in [0.5, 0.6) is 0 Å². The van der Waals surface area contributed by atoms with Crippen molar-refractivity contribution in [3.05, 3.63) is 52.0 Å². The Hall–Kier alpha value is -1.47. The Bertz CT molecular complexity index is 1010. The van der Waals surface area contributed by atoms with Crippen LogP contribution in [-0.4, -0.2) is 28.5 Å². The second kappa shape index (κ2) is 9.77. The van der Waals surface area contributed by atoms with Crippen molar-refractivity contribution < 1.29 is 0 Å². The number of fused-ring (bicyclic) bond motifs is 1. The van der Waals surface area contributed by atoms with Crippen LogP contribution in [0, 0.1) is 5.92 Å². The first-order valence-electron chi connectivity index (χ1n) is 10.0. The largest absolute Gasteiger partial charge is 0.361 e. The summed E-state index contributed by atoms with van der Waals surface area (Å²) in [5.41, 5.74) is 3.23. The fourth-order valence-corrected chi connectivity index (χ4v) is 5.61. The van der Waals surface area contributed by atoms with Gasteiger partial charge in [-0.25, -0.2) is 4.98 Å². The number of aliphatic imine (C=N–C) groups is 1. The zero-order valence-electron chi connectivity index (χ0n) is 16.9. The van der Waals surface area contributed by atoms with E-state index in [0.29, 0.717) is 22.0 Å². The van der Waals surface area contributed by atoms with Gasteiger partial charge >= 0.3 is 0 Å². The van der Waals surface area contributed by atoms with Crippen LogP contribution in [0.2, 0.25) is 10.0 Å². The molecule has 0 unspecified atom stereocenters. The molecule has 1 aromatic heterocycles. The minimum atomic E-state index is 0.442. The summed E-state index contributed by atoms with van der Waals surface area (Å²) in [4.78, 5) is 9.37. The van der Waals surface area contributed by atoms with Crippen LogP contribution in [0.1, 0.15) is 25.8 Å². The van der Waals surface area contributed by atoms with E-state index in [1.807, 2.05) is 23.9 Å². The highest BCUT2D eigenvalue weighted by atomic mass is 35.5. The quantitative estimate of drug-likeness (QED) is 0.377. The van der Waals surface area contributed by atoms with Gasteiger partial charge in [0.05, 0.1) is 26.3 Å². The van der Waals surface area contributed by atoms with Crippen molar-refractivity contribution in [1.29, 1.82) is 0 Å². The van der Waals surface area contributed by atoms with E-state index in [4.69, 9.17) is 28.2 Å². The van der Waals surface area contributed by atoms with Gasteiger partial charge in [0.1, 0.15) is 0 Å². The van der Waals surface area contributed by atoms with Crippen LogP contribution >= 0.6 is 46.3 Å². The lowest BCUT2D eigenvalue weighted by atomic mass is 10.1. The van der Waals surface area contributed by atoms with Crippen LogP contribution in [0.3, 0.4) is 0 Å². The van der Waals surface area contributed by atoms with Crippen molar-refractivity contribution in [1.82, 2.24) is 4.98 Å². The number of thiazole rings is 1. The third-order valence-corrected chi connectivity index (χ3v) is 7.51. The Morgan fingerprint density at radius 3 is 2.67 bits per heavy atom. The van der Waals surface area contributed by atoms with Crippen LogP contribution in [0.25, 0.3) is 10.2 Å². The highest BCUT2D eigenvalue weighted by molar-refractivity contribution is 8.14. The third kappa shape index (κ3) is 5.61. The molecule has 0 saturated heterocycles. The van der Waals surface area contributed by atoms with E-state index in [9.17, 15) is 0 Å². The average Bonchev–Trinajstić information content (AvgIpc) is 3.29. The summed E-state index contributed by atoms with van der Waals surface area (Å²) in [7, 11) is 0. The Morgan fingerprint density at radius 2 is 1.90 bits per heavy atom. The second-order valence-corrected chi connectivity index (χ2v) is 10.6. The number of amidine groups is 1. The van der Waals surface area contributed by atoms with Crippen molar-refractivity contribution in [3.8, 4) is 0 Å². The number of thioether (sulfide) groups is 1. The molecule has 0 amide bonds. The highest BCUT2D eigenvalue weighted by Gasteiger charge is 2.19. The molecule has 3 aromatic rings. The molecule has 0 spiro atoms. The van der Waals surface area contributed by atoms with Crippen molar-refractivity contribution in [2.75, 3.05) is 22.9 Å². The zero-order chi connectivity index (χ0) is 21.1. The number of benzene rings is 2. The van der Waals surface area contributed by atoms with E-state index < -0.39 is 0 Å². The topological polar surface area (TPSA) is 49.3 Å². The van der Waals surface area contributed by atoms with E-state index >= 15 is 0 Å². The van der Waals surface area contributed by atoms with Crippen LogP contribution < -0.4 is 10.6 Å². The minimum Gasteiger partial charge on any atom is -0.361 e. The molecular formula is C22H24Cl2N4S2. The minimum absolute atomic E-state index is 0.442. The van der Waals surface area contributed by atoms with Gasteiger partial charge in [0.15, 0.2) is 10.3 Å². The van der Waals surface area contributed by atoms with Gasteiger partial charge in [0.2, 0.25) is 0 Å². The predicted molar refractivity (Wildman–Crippen MR) is 135 cm³/mol. The number of nitrogens with one attached hydrogen (secondary N) is 2. The lowest BCUT2D eigenvalue weighted by molar-refractivity contribution is 0.529. The molecule has 0 saturated carbocycles. The summed E-state index contributed by atoms with van der Waals surface area (Å²) >= 11 is 15.6. The van der Waals surface area contributed by atoms with Crippen LogP contribution in [0.4, 0.5) is 10.8 Å². The Morgan fingerprint density at radius 1 is 1.13 bits per heavy atom. The summed E-state index contributed by atoms with van der Waals surface area (Å²) in [6, 6.07) is 12.7. The highest BCUT2D eigenvalue weighted by Crippen LogP contribution is 2.33. The van der Waals surface area contributed by atoms with Crippen molar-refractivity contribution in [2.45, 2.75) is 32.7 Å². The average molecular weight is 480 g/mol. The Balaban J connectivity index is 1.28. The fraction of sp³-hybridized carbons (Fsp3) is 0.364. The molecule has 2 N–H and O–H groups in total. The van der Waals surface area contributed by atoms with Crippen molar-refractivity contribution in [2.24, 2.45) is 10.9 Å². The maximum atomic E-state index is 6.09. The monoisotopic (exact) mass is 478 g/mol. The molecule has 1 aliphatic heterocycles. The van der Waals surface area contributed by atoms with Gasteiger partial charge in [-0.1, -0.05) is 72.3 Å². The molecule has 1 aliphatic rings. The van der Waals surface area contributed by atoms with Gasteiger partial charge in [0, 0.05) is 18.0 Å². The molecule has 4 rings (SSSR count). The van der Waals surface area contributed by atoms with E-state index in [2.05, 4.69) is 53.7 Å². The van der Waals surface area contributed by atoms with E-state index in [-0.39, 0.29) is 0 Å². The molecule has 158 valence electrons. The molecule has 2 aromatic carbocycles. The lowest BCUT2D eigenvalue weighted by Crippen LogP contribution is -2.08. The first-order chi connectivity index (χ1) is 14.5. The van der Waals surface area contributed by atoms with Gasteiger partial charge in [-0.15, -0.1) is 0 Å². The summed E-state index contributed by atoms with van der Waals surface area (Å²) in [5, 5.41) is 9.85. The second-order valence-electron chi connectivity index (χ2n) is 7.78. The molecular weight excluding hydrogens is 455 g/mol. The standard InChI is InChI=1S/C22H24Cl2N4S2/c1-13(2)9-16-12-29-22(27-16)26-15-5-3-14(4-6-15)7-8-25-21-28-19-10-17(23)18(24)11-20(19)30-21/h3-6,10-11,13,16H,7-9,12H2,1-2H3,(H,25,28)(H,26,27)/t16-/m1/s1. The maximum absolute atomic E-state index is 6.09. The predicted octanol–water partition coefficient (Wildman–Crippen LogP) is 7.19. The summed E-state index contributed by atoms with van der Waals surface area (Å²) in [6.07, 6.45) is 2.07. The number of halogens is 2. The van der Waals surface area contributed by atoms with E-state index in [1.54, 1.807) is 11.3 Å². The lowest BCUT2D eigenvalue weighted by Gasteiger charge is -2.08. The number of rotatable bonds is 7. The van der Waals surface area contributed by atoms with Crippen LogP contribution in [0.15, 0.2) is 41.4 Å². The number of aromatic nitrogens is 1. The van der Waals surface area contributed by atoms with Crippen molar-refractivity contribution >= 4 is 72.5 Å². The molecule has 4 nitrogen and oxygen atoms in total. The van der Waals surface area contributed by atoms with Gasteiger partial charge in [-0.3, -0.25) is 4.99 Å². The maximum Gasteiger partial charge on any atom is 0.183 e. The number of anilines is 2. The normalized spacial score (nSPS) is 16.3. The fourth-order valence-electron chi connectivity index (χ4n) is 3.34. The molecule has 0 fully saturated rings. The first kappa shape index (κ1) is 21.8. The van der Waals surface area contributed by atoms with Gasteiger partial charge < -0.3 is 10.6 Å². The van der Waals surface area contributed by atoms with Crippen LogP contribution in [-0.2, 0) is 6.42 Å². The third-order valence-electron chi connectivity index (χ3n) is 4.78. The molecule has 2 heterocycles. The van der Waals surface area contributed by atoms with Gasteiger partial charge in [0.25, 0.3) is 0 Å². The van der Waals surface area contributed by atoms with Crippen molar-refractivity contribution in [3.63, 3.8) is 0 Å². The number of hydrogen-bond acceptors (Lipinski definition) is 6. The summed E-state index contributed by atoms with van der Waals surface area (Å²) in [6.45, 7) is 5.32. The zero-order valence-corrected chi connectivity index (χ0v) is 20.1. The Kier molecular flexibility index (Phi) is 7.08. The first-order valence-corrected chi connectivity index (χ1v) is 12.6. The molecule has 0 bridgehead atoms. The molecule has 8 heteroatoms. The SMILES string of the molecule is CC(C)C[C@@H]1CSC(Nc2ccc(CCNc3nc4cc(Cl)c(Cl)cc4s3)cc2)=N1. The summed E-state index contributed by atoms with van der Waals surface area (Å²) in [5.74, 6) is 1.76. The van der Waals surface area contributed by atoms with Gasteiger partial charge in [-0.2, -0.15) is 0 Å². The Labute approximate surface area is 195 Å².